The molecule has 2 aliphatic heterocycles. The molecule has 47 heavy (non-hydrogen) atoms. The van der Waals surface area contributed by atoms with Crippen molar-refractivity contribution >= 4 is 11.9 Å². The van der Waals surface area contributed by atoms with E-state index in [1.807, 2.05) is 13.8 Å². The summed E-state index contributed by atoms with van der Waals surface area (Å²) in [5, 5.41) is 89.3. The molecule has 0 aromatic heterocycles. The molecule has 2 heterocycles. The van der Waals surface area contributed by atoms with E-state index < -0.39 is 73.4 Å². The molecule has 0 amide bonds. The lowest BCUT2D eigenvalue weighted by Crippen LogP contribution is -2.61. The van der Waals surface area contributed by atoms with Crippen molar-refractivity contribution in [1.29, 1.82) is 0 Å². The predicted octanol–water partition coefficient (Wildman–Crippen LogP) is -1.000. The molecule has 0 bridgehead atoms. The standard InChI is InChI=1S/C31H40O16/c1-12(8-14-4-6-17(16(32)10-14)44-30-24(37)20(33)22(35)26(46-30)28(39)40)13(2)9-15-5-7-18(19(11-15)43-3)45-31-25(38)21(34)23(36)27(47-31)29(41)42/h4-7,10-13,20-27,30-38H,8-9H2,1-3H3,(H,39,40)(H,41,42)/t12?,13?,20-,21+,22-,23+,24+,25-,26-,27+,30+,31-/m1/s1. The van der Waals surface area contributed by atoms with Crippen molar-refractivity contribution in [2.75, 3.05) is 7.11 Å². The van der Waals surface area contributed by atoms with Crippen molar-refractivity contribution in [3.05, 3.63) is 47.5 Å². The molecular formula is C31H40O16. The summed E-state index contributed by atoms with van der Waals surface area (Å²) < 4.78 is 26.8. The highest BCUT2D eigenvalue weighted by atomic mass is 16.7. The van der Waals surface area contributed by atoms with Gasteiger partial charge in [-0.2, -0.15) is 0 Å². The van der Waals surface area contributed by atoms with E-state index in [4.69, 9.17) is 23.7 Å². The van der Waals surface area contributed by atoms with Crippen molar-refractivity contribution in [2.45, 2.75) is 88.1 Å². The number of ether oxygens (including phenoxy) is 5. The number of aromatic hydroxyl groups is 1. The van der Waals surface area contributed by atoms with E-state index in [1.165, 1.54) is 19.2 Å². The summed E-state index contributed by atoms with van der Waals surface area (Å²) in [5.74, 6) is -2.97. The molecule has 2 fully saturated rings. The van der Waals surface area contributed by atoms with E-state index in [9.17, 15) is 55.5 Å². The Morgan fingerprint density at radius 1 is 0.660 bits per heavy atom. The summed E-state index contributed by atoms with van der Waals surface area (Å²) in [5.41, 5.74) is 1.61. The zero-order chi connectivity index (χ0) is 34.7. The Bertz CT molecular complexity index is 1400. The first-order valence-corrected chi connectivity index (χ1v) is 14.8. The van der Waals surface area contributed by atoms with Crippen molar-refractivity contribution in [2.24, 2.45) is 11.8 Å². The molecule has 12 atom stereocenters. The lowest BCUT2D eigenvalue weighted by molar-refractivity contribution is -0.271. The topological polar surface area (TPSA) is 262 Å². The normalized spacial score (nSPS) is 32.2. The van der Waals surface area contributed by atoms with E-state index in [-0.39, 0.29) is 34.8 Å². The van der Waals surface area contributed by atoms with Crippen LogP contribution in [0.4, 0.5) is 0 Å². The van der Waals surface area contributed by atoms with E-state index >= 15 is 0 Å². The Morgan fingerprint density at radius 3 is 1.51 bits per heavy atom. The third-order valence-electron chi connectivity index (χ3n) is 8.45. The minimum Gasteiger partial charge on any atom is -0.504 e. The van der Waals surface area contributed by atoms with Crippen molar-refractivity contribution < 1.29 is 79.2 Å². The smallest absolute Gasteiger partial charge is 0.335 e. The molecule has 2 unspecified atom stereocenters. The Kier molecular flexibility index (Phi) is 11.5. The van der Waals surface area contributed by atoms with Crippen LogP contribution in [-0.4, -0.2) is 126 Å². The van der Waals surface area contributed by atoms with Gasteiger partial charge in [-0.15, -0.1) is 0 Å². The summed E-state index contributed by atoms with van der Waals surface area (Å²) in [4.78, 5) is 22.7. The molecule has 0 radical (unpaired) electrons. The van der Waals surface area contributed by atoms with Gasteiger partial charge in [0.1, 0.15) is 36.6 Å². The number of hydrogen-bond donors (Lipinski definition) is 9. The molecule has 2 aromatic rings. The maximum Gasteiger partial charge on any atom is 0.335 e. The van der Waals surface area contributed by atoms with Crippen LogP contribution in [0.15, 0.2) is 36.4 Å². The fourth-order valence-electron chi connectivity index (χ4n) is 5.42. The number of benzene rings is 2. The zero-order valence-electron chi connectivity index (χ0n) is 25.7. The van der Waals surface area contributed by atoms with Gasteiger partial charge < -0.3 is 69.6 Å². The first-order chi connectivity index (χ1) is 22.1. The molecule has 2 aromatic carbocycles. The van der Waals surface area contributed by atoms with Crippen LogP contribution in [0.3, 0.4) is 0 Å². The lowest BCUT2D eigenvalue weighted by atomic mass is 9.85. The number of aliphatic hydroxyl groups excluding tert-OH is 6. The minimum atomic E-state index is -1.88. The highest BCUT2D eigenvalue weighted by Crippen LogP contribution is 2.35. The van der Waals surface area contributed by atoms with Crippen molar-refractivity contribution in [3.63, 3.8) is 0 Å². The number of rotatable bonds is 12. The third-order valence-corrected chi connectivity index (χ3v) is 8.45. The summed E-state index contributed by atoms with van der Waals surface area (Å²) in [6.45, 7) is 4.05. The summed E-state index contributed by atoms with van der Waals surface area (Å²) >= 11 is 0. The molecule has 0 spiro atoms. The van der Waals surface area contributed by atoms with E-state index in [0.717, 1.165) is 11.1 Å². The quantitative estimate of drug-likeness (QED) is 0.131. The second-order valence-corrected chi connectivity index (χ2v) is 11.9. The molecule has 0 aliphatic carbocycles. The van der Waals surface area contributed by atoms with Crippen LogP contribution >= 0.6 is 0 Å². The number of phenolic OH excluding ortho intramolecular Hbond substituents is 1. The van der Waals surface area contributed by atoms with E-state index in [1.54, 1.807) is 24.3 Å². The van der Waals surface area contributed by atoms with Gasteiger partial charge in [-0.3, -0.25) is 0 Å². The highest BCUT2D eigenvalue weighted by molar-refractivity contribution is 5.74. The minimum absolute atomic E-state index is 0.0891. The van der Waals surface area contributed by atoms with Gasteiger partial charge >= 0.3 is 11.9 Å². The molecule has 2 aliphatic rings. The van der Waals surface area contributed by atoms with Crippen LogP contribution in [0.1, 0.15) is 25.0 Å². The van der Waals surface area contributed by atoms with Gasteiger partial charge in [0, 0.05) is 0 Å². The summed E-state index contributed by atoms with van der Waals surface area (Å²) in [7, 11) is 1.39. The van der Waals surface area contributed by atoms with Crippen LogP contribution in [0.2, 0.25) is 0 Å². The van der Waals surface area contributed by atoms with Gasteiger partial charge in [-0.05, 0) is 60.1 Å². The highest BCUT2D eigenvalue weighted by Gasteiger charge is 2.49. The molecule has 4 rings (SSSR count). The van der Waals surface area contributed by atoms with Crippen LogP contribution in [0.5, 0.6) is 23.0 Å². The second-order valence-electron chi connectivity index (χ2n) is 11.9. The molecule has 260 valence electrons. The van der Waals surface area contributed by atoms with Gasteiger partial charge in [0.15, 0.2) is 35.2 Å². The Labute approximate surface area is 268 Å². The number of carbonyl (C=O) groups is 2. The summed E-state index contributed by atoms with van der Waals surface area (Å²) in [6.07, 6.45) is -16.7. The van der Waals surface area contributed by atoms with Crippen LogP contribution in [-0.2, 0) is 31.9 Å². The molecule has 16 heteroatoms. The average Bonchev–Trinajstić information content (AvgIpc) is 3.02. The van der Waals surface area contributed by atoms with Crippen molar-refractivity contribution in [1.82, 2.24) is 0 Å². The third kappa shape index (κ3) is 8.05. The van der Waals surface area contributed by atoms with Crippen LogP contribution in [0, 0.1) is 11.8 Å². The Balaban J connectivity index is 1.37. The first-order valence-electron chi connectivity index (χ1n) is 14.8. The zero-order valence-corrected chi connectivity index (χ0v) is 25.7. The van der Waals surface area contributed by atoms with E-state index in [0.29, 0.717) is 12.8 Å². The van der Waals surface area contributed by atoms with Crippen molar-refractivity contribution in [3.8, 4) is 23.0 Å². The average molecular weight is 669 g/mol. The SMILES string of the molecule is COc1cc(CC(C)C(C)Cc2ccc(O[C@H]3O[C@@H](C(=O)O)[C@H](O)[C@@H](O)[C@@H]3O)c(O)c2)ccc1O[C@@H]1O[C@H](C(=O)O)[C@@H](O)[C@H](O)[C@H]1O. The fraction of sp³-hybridized carbons (Fsp3) is 0.548. The number of aliphatic carboxylic acids is 2. The largest absolute Gasteiger partial charge is 0.504 e. The Hall–Kier alpha value is -3.74. The van der Waals surface area contributed by atoms with E-state index in [2.05, 4.69) is 0 Å². The predicted molar refractivity (Wildman–Crippen MR) is 157 cm³/mol. The number of hydrogen-bond acceptors (Lipinski definition) is 14. The maximum absolute atomic E-state index is 11.4. The first kappa shape index (κ1) is 36.1. The number of carboxylic acid groups (broad SMARTS) is 2. The molecular weight excluding hydrogens is 628 g/mol. The van der Waals surface area contributed by atoms with Gasteiger partial charge in [0.25, 0.3) is 0 Å². The summed E-state index contributed by atoms with van der Waals surface area (Å²) in [6, 6.07) is 9.56. The molecule has 16 nitrogen and oxygen atoms in total. The van der Waals surface area contributed by atoms with Gasteiger partial charge in [-0.1, -0.05) is 26.0 Å². The number of methoxy groups -OCH3 is 1. The molecule has 9 N–H and O–H groups in total. The lowest BCUT2D eigenvalue weighted by Gasteiger charge is -2.38. The van der Waals surface area contributed by atoms with Crippen LogP contribution in [0.25, 0.3) is 0 Å². The van der Waals surface area contributed by atoms with Gasteiger partial charge in [0.05, 0.1) is 7.11 Å². The fourth-order valence-corrected chi connectivity index (χ4v) is 5.42. The monoisotopic (exact) mass is 668 g/mol. The van der Waals surface area contributed by atoms with Gasteiger partial charge in [0.2, 0.25) is 12.6 Å². The number of carboxylic acids is 2. The number of aliphatic hydroxyl groups is 6. The second kappa shape index (κ2) is 15.0. The number of phenols is 1. The molecule has 2 saturated heterocycles. The maximum atomic E-state index is 11.4. The molecule has 0 saturated carbocycles. The van der Waals surface area contributed by atoms with Crippen LogP contribution < -0.4 is 14.2 Å². The Morgan fingerprint density at radius 2 is 1.09 bits per heavy atom. The van der Waals surface area contributed by atoms with Gasteiger partial charge in [-0.25, -0.2) is 9.59 Å².